The van der Waals surface area contributed by atoms with Gasteiger partial charge in [-0.3, -0.25) is 9.59 Å². The predicted molar refractivity (Wildman–Crippen MR) is 120 cm³/mol. The molecule has 0 atom stereocenters. The fourth-order valence-corrected chi connectivity index (χ4v) is 3.38. The number of halogens is 1. The number of rotatable bonds is 9. The minimum atomic E-state index is -0.270. The second-order valence-electron chi connectivity index (χ2n) is 6.39. The number of methoxy groups -OCH3 is 1. The lowest BCUT2D eigenvalue weighted by molar-refractivity contribution is -0.113. The van der Waals surface area contributed by atoms with Gasteiger partial charge >= 0.3 is 0 Å². The molecule has 3 aromatic rings. The molecule has 0 saturated carbocycles. The Morgan fingerprint density at radius 2 is 1.94 bits per heavy atom. The molecule has 0 radical (unpaired) electrons. The van der Waals surface area contributed by atoms with Crippen molar-refractivity contribution >= 4 is 40.9 Å². The Bertz CT molecular complexity index is 1060. The maximum atomic E-state index is 12.2. The topological polar surface area (TPSA) is 106 Å². The molecule has 3 rings (SSSR count). The summed E-state index contributed by atoms with van der Waals surface area (Å²) in [6, 6.07) is 12.0. The first-order valence-electron chi connectivity index (χ1n) is 9.48. The molecule has 0 bridgehead atoms. The first-order valence-corrected chi connectivity index (χ1v) is 10.8. The molecular formula is C21H21ClN4O4S. The van der Waals surface area contributed by atoms with Gasteiger partial charge < -0.3 is 19.8 Å². The summed E-state index contributed by atoms with van der Waals surface area (Å²) in [6.07, 6.45) is 0.830. The van der Waals surface area contributed by atoms with Crippen LogP contribution in [-0.4, -0.2) is 41.4 Å². The molecular weight excluding hydrogens is 440 g/mol. The summed E-state index contributed by atoms with van der Waals surface area (Å²) >= 11 is 7.30. The second kappa shape index (κ2) is 10.8. The van der Waals surface area contributed by atoms with Crippen LogP contribution >= 0.6 is 23.4 Å². The molecule has 10 heteroatoms. The number of nitrogens with one attached hydrogen (secondary N) is 2. The maximum Gasteiger partial charge on any atom is 0.277 e. The van der Waals surface area contributed by atoms with Crippen LogP contribution in [0.4, 0.5) is 5.69 Å². The Kier molecular flexibility index (Phi) is 7.91. The molecule has 8 nitrogen and oxygen atoms in total. The number of benzene rings is 2. The summed E-state index contributed by atoms with van der Waals surface area (Å²) < 4.78 is 10.7. The number of amides is 2. The lowest BCUT2D eigenvalue weighted by Gasteiger charge is -2.09. The van der Waals surface area contributed by atoms with Crippen LogP contribution in [0, 0.1) is 0 Å². The smallest absolute Gasteiger partial charge is 0.277 e. The summed E-state index contributed by atoms with van der Waals surface area (Å²) in [5, 5.41) is 14.0. The van der Waals surface area contributed by atoms with Crippen molar-refractivity contribution in [3.63, 3.8) is 0 Å². The lowest BCUT2D eigenvalue weighted by Crippen LogP contribution is -2.24. The number of carbonyl (C=O) groups excluding carboxylic acids is 2. The SMILES string of the molecule is CCCNC(=O)c1ccc(NC(=O)CSc2nnc(-c3ccc(OC)cc3)o2)cc1Cl. The molecule has 0 fully saturated rings. The van der Waals surface area contributed by atoms with Crippen LogP contribution in [-0.2, 0) is 4.79 Å². The summed E-state index contributed by atoms with van der Waals surface area (Å²) in [7, 11) is 1.59. The van der Waals surface area contributed by atoms with Crippen LogP contribution in [0.1, 0.15) is 23.7 Å². The lowest BCUT2D eigenvalue weighted by atomic mass is 10.2. The Morgan fingerprint density at radius 3 is 2.61 bits per heavy atom. The summed E-state index contributed by atoms with van der Waals surface area (Å²) in [6.45, 7) is 2.54. The molecule has 1 heterocycles. The molecule has 0 saturated heterocycles. The molecule has 0 aliphatic rings. The van der Waals surface area contributed by atoms with Gasteiger partial charge in [0, 0.05) is 17.8 Å². The number of nitrogens with zero attached hydrogens (tertiary/aromatic N) is 2. The number of carbonyl (C=O) groups is 2. The van der Waals surface area contributed by atoms with E-state index in [1.165, 1.54) is 0 Å². The van der Waals surface area contributed by atoms with Gasteiger partial charge in [0.2, 0.25) is 11.8 Å². The largest absolute Gasteiger partial charge is 0.497 e. The van der Waals surface area contributed by atoms with Crippen LogP contribution in [0.3, 0.4) is 0 Å². The Hall–Kier alpha value is -3.04. The predicted octanol–water partition coefficient (Wildman–Crippen LogP) is 4.27. The molecule has 2 aromatic carbocycles. The summed E-state index contributed by atoms with van der Waals surface area (Å²) in [4.78, 5) is 24.3. The van der Waals surface area contributed by atoms with E-state index in [0.29, 0.717) is 23.7 Å². The van der Waals surface area contributed by atoms with Crippen LogP contribution in [0.25, 0.3) is 11.5 Å². The molecule has 0 aliphatic carbocycles. The van der Waals surface area contributed by atoms with Gasteiger partial charge in [0.1, 0.15) is 5.75 Å². The fourth-order valence-electron chi connectivity index (χ4n) is 2.55. The van der Waals surface area contributed by atoms with E-state index in [4.69, 9.17) is 20.8 Å². The molecule has 2 amide bonds. The number of hydrogen-bond acceptors (Lipinski definition) is 7. The van der Waals surface area contributed by atoms with E-state index < -0.39 is 0 Å². The quantitative estimate of drug-likeness (QED) is 0.459. The van der Waals surface area contributed by atoms with Crippen molar-refractivity contribution in [2.24, 2.45) is 0 Å². The minimum Gasteiger partial charge on any atom is -0.497 e. The van der Waals surface area contributed by atoms with Crippen molar-refractivity contribution in [1.82, 2.24) is 15.5 Å². The minimum absolute atomic E-state index is 0.0700. The van der Waals surface area contributed by atoms with E-state index in [1.54, 1.807) is 37.4 Å². The van der Waals surface area contributed by atoms with Crippen LogP contribution in [0.5, 0.6) is 5.75 Å². The second-order valence-corrected chi connectivity index (χ2v) is 7.72. The number of hydrogen-bond donors (Lipinski definition) is 2. The van der Waals surface area contributed by atoms with E-state index in [0.717, 1.165) is 29.5 Å². The molecule has 31 heavy (non-hydrogen) atoms. The zero-order valence-electron chi connectivity index (χ0n) is 17.0. The third-order valence-electron chi connectivity index (χ3n) is 4.10. The average Bonchev–Trinajstić information content (AvgIpc) is 3.25. The first kappa shape index (κ1) is 22.6. The zero-order chi connectivity index (χ0) is 22.2. The highest BCUT2D eigenvalue weighted by Crippen LogP contribution is 2.25. The van der Waals surface area contributed by atoms with Gasteiger partial charge in [0.15, 0.2) is 0 Å². The molecule has 162 valence electrons. The molecule has 1 aromatic heterocycles. The van der Waals surface area contributed by atoms with E-state index in [9.17, 15) is 9.59 Å². The van der Waals surface area contributed by atoms with Gasteiger partial charge in [0.25, 0.3) is 11.1 Å². The van der Waals surface area contributed by atoms with Crippen LogP contribution in [0.15, 0.2) is 52.1 Å². The standard InChI is InChI=1S/C21H21ClN4O4S/c1-3-10-23-19(28)16-9-6-14(11-17(16)22)24-18(27)12-31-21-26-25-20(30-21)13-4-7-15(29-2)8-5-13/h4-9,11H,3,10,12H2,1-2H3,(H,23,28)(H,24,27). The Balaban J connectivity index is 1.54. The highest BCUT2D eigenvalue weighted by atomic mass is 35.5. The van der Waals surface area contributed by atoms with Gasteiger partial charge in [-0.25, -0.2) is 0 Å². The number of anilines is 1. The Morgan fingerprint density at radius 1 is 1.16 bits per heavy atom. The molecule has 0 aliphatic heterocycles. The molecule has 0 spiro atoms. The average molecular weight is 461 g/mol. The van der Waals surface area contributed by atoms with Gasteiger partial charge in [-0.1, -0.05) is 30.3 Å². The van der Waals surface area contributed by atoms with E-state index >= 15 is 0 Å². The number of ether oxygens (including phenoxy) is 1. The third-order valence-corrected chi connectivity index (χ3v) is 5.23. The van der Waals surface area contributed by atoms with E-state index in [1.807, 2.05) is 19.1 Å². The third kappa shape index (κ3) is 6.22. The summed E-state index contributed by atoms with van der Waals surface area (Å²) in [5.74, 6) is 0.636. The van der Waals surface area contributed by atoms with Crippen LogP contribution < -0.4 is 15.4 Å². The summed E-state index contributed by atoms with van der Waals surface area (Å²) in [5.41, 5.74) is 1.61. The van der Waals surface area contributed by atoms with Gasteiger partial charge in [-0.2, -0.15) is 0 Å². The van der Waals surface area contributed by atoms with Crippen molar-refractivity contribution in [2.45, 2.75) is 18.6 Å². The number of thioether (sulfide) groups is 1. The highest BCUT2D eigenvalue weighted by Gasteiger charge is 2.14. The van der Waals surface area contributed by atoms with E-state index in [-0.39, 0.29) is 27.8 Å². The van der Waals surface area contributed by atoms with Crippen LogP contribution in [0.2, 0.25) is 5.02 Å². The van der Waals surface area contributed by atoms with Crippen molar-refractivity contribution in [3.8, 4) is 17.2 Å². The van der Waals surface area contributed by atoms with E-state index in [2.05, 4.69) is 20.8 Å². The highest BCUT2D eigenvalue weighted by molar-refractivity contribution is 7.99. The van der Waals surface area contributed by atoms with Crippen molar-refractivity contribution in [1.29, 1.82) is 0 Å². The molecule has 0 unspecified atom stereocenters. The van der Waals surface area contributed by atoms with Crippen molar-refractivity contribution in [3.05, 3.63) is 53.1 Å². The maximum absolute atomic E-state index is 12.2. The van der Waals surface area contributed by atoms with Crippen molar-refractivity contribution in [2.75, 3.05) is 24.7 Å². The van der Waals surface area contributed by atoms with Gasteiger partial charge in [-0.05, 0) is 48.9 Å². The first-order chi connectivity index (χ1) is 15.0. The number of aromatic nitrogens is 2. The van der Waals surface area contributed by atoms with Crippen molar-refractivity contribution < 1.29 is 18.7 Å². The monoisotopic (exact) mass is 460 g/mol. The Labute approximate surface area is 188 Å². The fraction of sp³-hybridized carbons (Fsp3) is 0.238. The van der Waals surface area contributed by atoms with Gasteiger partial charge in [0.05, 0.1) is 23.4 Å². The van der Waals surface area contributed by atoms with Gasteiger partial charge in [-0.15, -0.1) is 10.2 Å². The molecule has 2 N–H and O–H groups in total. The zero-order valence-corrected chi connectivity index (χ0v) is 18.5. The normalized spacial score (nSPS) is 10.5.